The van der Waals surface area contributed by atoms with Crippen molar-refractivity contribution in [3.63, 3.8) is 0 Å². The van der Waals surface area contributed by atoms with Gasteiger partial charge in [-0.25, -0.2) is 13.1 Å². The largest absolute Gasteiger partial charge is 0.465 e. The number of aliphatic hydroxyl groups excluding tert-OH is 1. The van der Waals surface area contributed by atoms with Crippen LogP contribution in [0, 0.1) is 5.92 Å². The van der Waals surface area contributed by atoms with E-state index < -0.39 is 21.7 Å². The lowest BCUT2D eigenvalue weighted by molar-refractivity contribution is -0.139. The second-order valence-electron chi connectivity index (χ2n) is 4.60. The molecule has 1 rings (SSSR count). The first-order valence-electron chi connectivity index (χ1n) is 6.24. The molecule has 6 nitrogen and oxygen atoms in total. The molecule has 0 saturated heterocycles. The van der Waals surface area contributed by atoms with Crippen LogP contribution < -0.4 is 4.72 Å². The normalized spacial score (nSPS) is 24.8. The van der Waals surface area contributed by atoms with Gasteiger partial charge in [-0.3, -0.25) is 4.79 Å². The van der Waals surface area contributed by atoms with Gasteiger partial charge < -0.3 is 9.84 Å². The number of hydrogen-bond donors (Lipinski definition) is 2. The van der Waals surface area contributed by atoms with Crippen molar-refractivity contribution >= 4 is 16.0 Å². The van der Waals surface area contributed by atoms with Gasteiger partial charge in [0.25, 0.3) is 0 Å². The number of aliphatic hydroxyl groups is 1. The van der Waals surface area contributed by atoms with Crippen LogP contribution in [0.5, 0.6) is 0 Å². The quantitative estimate of drug-likeness (QED) is 0.669. The maximum Gasteiger partial charge on any atom is 0.322 e. The Balaban J connectivity index is 2.34. The number of sulfonamides is 1. The van der Waals surface area contributed by atoms with Crippen LogP contribution in [0.3, 0.4) is 0 Å². The molecule has 1 fully saturated rings. The summed E-state index contributed by atoms with van der Waals surface area (Å²) in [6, 6.07) is 0. The van der Waals surface area contributed by atoms with E-state index in [0.29, 0.717) is 6.42 Å². The van der Waals surface area contributed by atoms with Gasteiger partial charge in [-0.05, 0) is 32.1 Å². The molecule has 106 valence electrons. The van der Waals surface area contributed by atoms with Crippen LogP contribution in [0.15, 0.2) is 0 Å². The third-order valence-corrected chi connectivity index (χ3v) is 4.18. The SMILES string of the molecule is CCOC(=O)CS(=O)(=O)NCC1CCCC(O)C1. The van der Waals surface area contributed by atoms with E-state index in [9.17, 15) is 18.3 Å². The van der Waals surface area contributed by atoms with E-state index in [1.807, 2.05) is 0 Å². The molecule has 7 heteroatoms. The van der Waals surface area contributed by atoms with E-state index in [4.69, 9.17) is 0 Å². The zero-order valence-electron chi connectivity index (χ0n) is 10.6. The summed E-state index contributed by atoms with van der Waals surface area (Å²) >= 11 is 0. The fourth-order valence-electron chi connectivity index (χ4n) is 2.10. The number of carbonyl (C=O) groups excluding carboxylic acids is 1. The van der Waals surface area contributed by atoms with E-state index >= 15 is 0 Å². The van der Waals surface area contributed by atoms with Crippen molar-refractivity contribution in [2.45, 2.75) is 38.7 Å². The van der Waals surface area contributed by atoms with Gasteiger partial charge in [0.2, 0.25) is 10.0 Å². The van der Waals surface area contributed by atoms with Crippen molar-refractivity contribution in [1.82, 2.24) is 4.72 Å². The molecule has 0 aromatic rings. The molecule has 1 aliphatic rings. The lowest BCUT2D eigenvalue weighted by atomic mass is 9.87. The minimum Gasteiger partial charge on any atom is -0.465 e. The van der Waals surface area contributed by atoms with Crippen LogP contribution in [-0.4, -0.2) is 44.5 Å². The van der Waals surface area contributed by atoms with E-state index in [1.165, 1.54) is 0 Å². The van der Waals surface area contributed by atoms with Crippen molar-refractivity contribution in [3.8, 4) is 0 Å². The molecule has 0 amide bonds. The number of ether oxygens (including phenoxy) is 1. The van der Waals surface area contributed by atoms with Crippen molar-refractivity contribution in [1.29, 1.82) is 0 Å². The second-order valence-corrected chi connectivity index (χ2v) is 6.41. The summed E-state index contributed by atoms with van der Waals surface area (Å²) in [5.41, 5.74) is 0. The van der Waals surface area contributed by atoms with E-state index in [-0.39, 0.29) is 25.2 Å². The van der Waals surface area contributed by atoms with Crippen molar-refractivity contribution < 1.29 is 23.1 Å². The average Bonchev–Trinajstić information content (AvgIpc) is 2.26. The molecule has 0 aromatic carbocycles. The predicted octanol–water partition coefficient (Wildman–Crippen LogP) is 0.0200. The lowest BCUT2D eigenvalue weighted by Gasteiger charge is -2.25. The van der Waals surface area contributed by atoms with Gasteiger partial charge in [0.1, 0.15) is 0 Å². The highest BCUT2D eigenvalue weighted by molar-refractivity contribution is 7.90. The van der Waals surface area contributed by atoms with Crippen LogP contribution in [0.2, 0.25) is 0 Å². The Morgan fingerprint density at radius 1 is 1.44 bits per heavy atom. The highest BCUT2D eigenvalue weighted by Crippen LogP contribution is 2.23. The standard InChI is InChI=1S/C11H21NO5S/c1-2-17-11(14)8-18(15,16)12-7-9-4-3-5-10(13)6-9/h9-10,12-13H,2-8H2,1H3. The summed E-state index contributed by atoms with van der Waals surface area (Å²) in [7, 11) is -3.63. The monoisotopic (exact) mass is 279 g/mol. The number of nitrogens with one attached hydrogen (secondary N) is 1. The number of rotatable bonds is 6. The van der Waals surface area contributed by atoms with E-state index in [2.05, 4.69) is 9.46 Å². The highest BCUT2D eigenvalue weighted by Gasteiger charge is 2.23. The van der Waals surface area contributed by atoms with Gasteiger partial charge in [-0.15, -0.1) is 0 Å². The average molecular weight is 279 g/mol. The van der Waals surface area contributed by atoms with Gasteiger partial charge in [-0.2, -0.15) is 0 Å². The molecule has 0 radical (unpaired) electrons. The summed E-state index contributed by atoms with van der Waals surface area (Å²) in [5.74, 6) is -1.24. The van der Waals surface area contributed by atoms with Crippen LogP contribution in [0.1, 0.15) is 32.6 Å². The van der Waals surface area contributed by atoms with E-state index in [0.717, 1.165) is 19.3 Å². The topological polar surface area (TPSA) is 92.7 Å². The van der Waals surface area contributed by atoms with Gasteiger partial charge in [0.05, 0.1) is 12.7 Å². The lowest BCUT2D eigenvalue weighted by Crippen LogP contribution is -2.36. The molecule has 2 unspecified atom stereocenters. The van der Waals surface area contributed by atoms with Gasteiger partial charge in [0, 0.05) is 6.54 Å². The minimum absolute atomic E-state index is 0.144. The molecule has 2 atom stereocenters. The first-order valence-corrected chi connectivity index (χ1v) is 7.89. The van der Waals surface area contributed by atoms with Crippen LogP contribution >= 0.6 is 0 Å². The minimum atomic E-state index is -3.63. The maximum absolute atomic E-state index is 11.6. The van der Waals surface area contributed by atoms with Gasteiger partial charge in [-0.1, -0.05) is 6.42 Å². The van der Waals surface area contributed by atoms with E-state index in [1.54, 1.807) is 6.92 Å². The fraction of sp³-hybridized carbons (Fsp3) is 0.909. The molecule has 0 heterocycles. The Labute approximate surface area is 108 Å². The van der Waals surface area contributed by atoms with Gasteiger partial charge in [0.15, 0.2) is 5.75 Å². The Morgan fingerprint density at radius 3 is 2.78 bits per heavy atom. The van der Waals surface area contributed by atoms with Crippen LogP contribution in [-0.2, 0) is 19.6 Å². The Kier molecular flexibility index (Phi) is 6.04. The summed E-state index contributed by atoms with van der Waals surface area (Å²) in [6.07, 6.45) is 2.87. The number of esters is 1. The Morgan fingerprint density at radius 2 is 2.17 bits per heavy atom. The summed E-state index contributed by atoms with van der Waals surface area (Å²) in [5, 5.41) is 9.47. The zero-order chi connectivity index (χ0) is 13.6. The smallest absolute Gasteiger partial charge is 0.322 e. The van der Waals surface area contributed by atoms with Crippen LogP contribution in [0.25, 0.3) is 0 Å². The summed E-state index contributed by atoms with van der Waals surface area (Å²) < 4.78 is 30.1. The number of hydrogen-bond acceptors (Lipinski definition) is 5. The van der Waals surface area contributed by atoms with Gasteiger partial charge >= 0.3 is 5.97 Å². The first kappa shape index (κ1) is 15.4. The molecule has 0 aromatic heterocycles. The fourth-order valence-corrected chi connectivity index (χ4v) is 3.09. The molecule has 0 spiro atoms. The maximum atomic E-state index is 11.6. The summed E-state index contributed by atoms with van der Waals surface area (Å²) in [6.45, 7) is 2.07. The third-order valence-electron chi connectivity index (χ3n) is 2.96. The van der Waals surface area contributed by atoms with Crippen molar-refractivity contribution in [2.24, 2.45) is 5.92 Å². The molecule has 1 saturated carbocycles. The second kappa shape index (κ2) is 7.06. The molecule has 1 aliphatic carbocycles. The third kappa shape index (κ3) is 5.79. The van der Waals surface area contributed by atoms with Crippen molar-refractivity contribution in [2.75, 3.05) is 18.9 Å². The zero-order valence-corrected chi connectivity index (χ0v) is 11.4. The Hall–Kier alpha value is -0.660. The van der Waals surface area contributed by atoms with Crippen molar-refractivity contribution in [3.05, 3.63) is 0 Å². The van der Waals surface area contributed by atoms with Crippen LogP contribution in [0.4, 0.5) is 0 Å². The highest BCUT2D eigenvalue weighted by atomic mass is 32.2. The molecular weight excluding hydrogens is 258 g/mol. The Bertz CT molecular complexity index is 368. The predicted molar refractivity (Wildman–Crippen MR) is 66.4 cm³/mol. The molecule has 0 bridgehead atoms. The first-order chi connectivity index (χ1) is 8.43. The molecule has 2 N–H and O–H groups in total. The number of carbonyl (C=O) groups is 1. The summed E-state index contributed by atoms with van der Waals surface area (Å²) in [4.78, 5) is 11.1. The molecule has 18 heavy (non-hydrogen) atoms. The molecular formula is C11H21NO5S. The molecule has 0 aliphatic heterocycles.